The zero-order chi connectivity index (χ0) is 15.5. The number of benzene rings is 1. The van der Waals surface area contributed by atoms with Gasteiger partial charge in [0.1, 0.15) is 0 Å². The summed E-state index contributed by atoms with van der Waals surface area (Å²) in [7, 11) is 0. The molecule has 1 saturated heterocycles. The molecule has 1 aromatic heterocycles. The Labute approximate surface area is 128 Å². The van der Waals surface area contributed by atoms with Crippen molar-refractivity contribution in [3.05, 3.63) is 47.1 Å². The Morgan fingerprint density at radius 2 is 2.18 bits per heavy atom. The molecule has 118 valence electrons. The van der Waals surface area contributed by atoms with Crippen LogP contribution in [0, 0.1) is 18.6 Å². The lowest BCUT2D eigenvalue weighted by atomic mass is 9.97. The van der Waals surface area contributed by atoms with Gasteiger partial charge in [0.15, 0.2) is 17.5 Å². The number of hydrogen-bond donors (Lipinski definition) is 0. The third-order valence-electron chi connectivity index (χ3n) is 4.10. The van der Waals surface area contributed by atoms with Gasteiger partial charge in [-0.15, -0.1) is 0 Å². The van der Waals surface area contributed by atoms with E-state index in [1.165, 1.54) is 12.1 Å². The van der Waals surface area contributed by atoms with Gasteiger partial charge in [-0.25, -0.2) is 8.78 Å². The summed E-state index contributed by atoms with van der Waals surface area (Å²) in [6.45, 7) is 4.50. The molecule has 0 bridgehead atoms. The van der Waals surface area contributed by atoms with Gasteiger partial charge in [0.05, 0.1) is 5.92 Å². The van der Waals surface area contributed by atoms with Gasteiger partial charge in [0.25, 0.3) is 0 Å². The van der Waals surface area contributed by atoms with E-state index in [9.17, 15) is 8.78 Å². The number of hydrogen-bond acceptors (Lipinski definition) is 4. The molecule has 1 aliphatic rings. The molecule has 2 aromatic rings. The Morgan fingerprint density at radius 1 is 1.32 bits per heavy atom. The molecule has 1 aliphatic heterocycles. The number of piperidine rings is 1. The smallest absolute Gasteiger partial charge is 0.231 e. The number of aromatic nitrogens is 2. The van der Waals surface area contributed by atoms with Crippen molar-refractivity contribution in [1.82, 2.24) is 15.0 Å². The minimum Gasteiger partial charge on any atom is -0.339 e. The second kappa shape index (κ2) is 6.52. The molecule has 1 atom stereocenters. The van der Waals surface area contributed by atoms with Crippen molar-refractivity contribution in [2.24, 2.45) is 0 Å². The molecule has 1 fully saturated rings. The van der Waals surface area contributed by atoms with Crippen molar-refractivity contribution < 1.29 is 13.3 Å². The summed E-state index contributed by atoms with van der Waals surface area (Å²) in [6, 6.07) is 4.10. The summed E-state index contributed by atoms with van der Waals surface area (Å²) in [4.78, 5) is 6.63. The van der Waals surface area contributed by atoms with Crippen LogP contribution in [0.2, 0.25) is 0 Å². The van der Waals surface area contributed by atoms with Crippen molar-refractivity contribution in [1.29, 1.82) is 0 Å². The van der Waals surface area contributed by atoms with Gasteiger partial charge < -0.3 is 9.42 Å². The van der Waals surface area contributed by atoms with Gasteiger partial charge in [-0.2, -0.15) is 4.98 Å². The maximum Gasteiger partial charge on any atom is 0.231 e. The Kier molecular flexibility index (Phi) is 4.47. The Balaban J connectivity index is 1.57. The summed E-state index contributed by atoms with van der Waals surface area (Å²) in [5, 5.41) is 3.85. The first-order valence-electron chi connectivity index (χ1n) is 7.58. The van der Waals surface area contributed by atoms with E-state index in [0.29, 0.717) is 18.1 Å². The molecule has 4 nitrogen and oxygen atoms in total. The fourth-order valence-corrected chi connectivity index (χ4v) is 2.92. The standard InChI is InChI=1S/C16H19F2N3O/c1-11-19-16(22-20-11)13-3-2-7-21(10-13)8-6-12-4-5-14(17)15(18)9-12/h4-5,9,13H,2-3,6-8,10H2,1H3. The van der Waals surface area contributed by atoms with E-state index in [-0.39, 0.29) is 5.92 Å². The van der Waals surface area contributed by atoms with Crippen LogP contribution in [0.4, 0.5) is 8.78 Å². The zero-order valence-electron chi connectivity index (χ0n) is 12.6. The Morgan fingerprint density at radius 3 is 2.91 bits per heavy atom. The molecule has 3 rings (SSSR count). The van der Waals surface area contributed by atoms with Crippen LogP contribution in [0.5, 0.6) is 0 Å². The van der Waals surface area contributed by atoms with Crippen LogP contribution in [-0.4, -0.2) is 34.7 Å². The number of nitrogens with zero attached hydrogens (tertiary/aromatic N) is 3. The predicted octanol–water partition coefficient (Wildman–Crippen LogP) is 3.08. The average Bonchev–Trinajstić information content (AvgIpc) is 2.95. The molecule has 0 N–H and O–H groups in total. The summed E-state index contributed by atoms with van der Waals surface area (Å²) >= 11 is 0. The molecule has 22 heavy (non-hydrogen) atoms. The van der Waals surface area contributed by atoms with Gasteiger partial charge in [-0.05, 0) is 50.4 Å². The van der Waals surface area contributed by atoms with Gasteiger partial charge in [-0.1, -0.05) is 11.2 Å². The molecule has 1 aromatic carbocycles. The van der Waals surface area contributed by atoms with E-state index in [1.807, 2.05) is 6.92 Å². The first kappa shape index (κ1) is 15.1. The van der Waals surface area contributed by atoms with Crippen molar-refractivity contribution >= 4 is 0 Å². The highest BCUT2D eigenvalue weighted by Crippen LogP contribution is 2.25. The van der Waals surface area contributed by atoms with Crippen LogP contribution in [0.15, 0.2) is 22.7 Å². The monoisotopic (exact) mass is 307 g/mol. The number of likely N-dealkylation sites (tertiary alicyclic amines) is 1. The third-order valence-corrected chi connectivity index (χ3v) is 4.10. The van der Waals surface area contributed by atoms with Crippen molar-refractivity contribution in [2.45, 2.75) is 32.1 Å². The first-order chi connectivity index (χ1) is 10.6. The average molecular weight is 307 g/mol. The quantitative estimate of drug-likeness (QED) is 0.870. The second-order valence-corrected chi connectivity index (χ2v) is 5.82. The third kappa shape index (κ3) is 3.50. The zero-order valence-corrected chi connectivity index (χ0v) is 12.6. The number of rotatable bonds is 4. The maximum absolute atomic E-state index is 13.2. The molecular weight excluding hydrogens is 288 g/mol. The van der Waals surface area contributed by atoms with Gasteiger partial charge in [0.2, 0.25) is 5.89 Å². The Hall–Kier alpha value is -1.82. The van der Waals surface area contributed by atoms with Gasteiger partial charge in [-0.3, -0.25) is 0 Å². The maximum atomic E-state index is 13.2. The number of aryl methyl sites for hydroxylation is 1. The van der Waals surface area contributed by atoms with Crippen molar-refractivity contribution in [3.8, 4) is 0 Å². The minimum atomic E-state index is -0.798. The lowest BCUT2D eigenvalue weighted by Crippen LogP contribution is -2.35. The lowest BCUT2D eigenvalue weighted by molar-refractivity contribution is 0.188. The molecule has 0 amide bonds. The van der Waals surface area contributed by atoms with Gasteiger partial charge in [0, 0.05) is 13.1 Å². The van der Waals surface area contributed by atoms with Crippen LogP contribution in [0.25, 0.3) is 0 Å². The van der Waals surface area contributed by atoms with E-state index < -0.39 is 11.6 Å². The van der Waals surface area contributed by atoms with Crippen LogP contribution in [0.1, 0.15) is 36.0 Å². The second-order valence-electron chi connectivity index (χ2n) is 5.82. The van der Waals surface area contributed by atoms with Gasteiger partial charge >= 0.3 is 0 Å². The SMILES string of the molecule is Cc1noc(C2CCCN(CCc3ccc(F)c(F)c3)C2)n1. The van der Waals surface area contributed by atoms with E-state index in [0.717, 1.165) is 38.0 Å². The highest BCUT2D eigenvalue weighted by Gasteiger charge is 2.25. The summed E-state index contributed by atoms with van der Waals surface area (Å²) < 4.78 is 31.4. The molecule has 0 radical (unpaired) electrons. The van der Waals surface area contributed by atoms with E-state index in [2.05, 4.69) is 15.0 Å². The molecule has 0 saturated carbocycles. The van der Waals surface area contributed by atoms with E-state index in [1.54, 1.807) is 6.07 Å². The number of halogens is 2. The lowest BCUT2D eigenvalue weighted by Gasteiger charge is -2.30. The fraction of sp³-hybridized carbons (Fsp3) is 0.500. The predicted molar refractivity (Wildman–Crippen MR) is 77.5 cm³/mol. The summed E-state index contributed by atoms with van der Waals surface area (Å²) in [6.07, 6.45) is 2.82. The molecule has 6 heteroatoms. The van der Waals surface area contributed by atoms with Crippen LogP contribution >= 0.6 is 0 Å². The summed E-state index contributed by atoms with van der Waals surface area (Å²) in [5.74, 6) is 0.0488. The van der Waals surface area contributed by atoms with Crippen LogP contribution in [0.3, 0.4) is 0 Å². The largest absolute Gasteiger partial charge is 0.339 e. The summed E-state index contributed by atoms with van der Waals surface area (Å²) in [5.41, 5.74) is 0.814. The van der Waals surface area contributed by atoms with E-state index >= 15 is 0 Å². The molecular formula is C16H19F2N3O. The van der Waals surface area contributed by atoms with Crippen LogP contribution in [-0.2, 0) is 6.42 Å². The normalized spacial score (nSPS) is 19.5. The fourth-order valence-electron chi connectivity index (χ4n) is 2.92. The molecule has 0 aliphatic carbocycles. The highest BCUT2D eigenvalue weighted by molar-refractivity contribution is 5.18. The Bertz CT molecular complexity index is 644. The van der Waals surface area contributed by atoms with Crippen molar-refractivity contribution in [3.63, 3.8) is 0 Å². The topological polar surface area (TPSA) is 42.2 Å². The first-order valence-corrected chi connectivity index (χ1v) is 7.58. The molecule has 2 heterocycles. The van der Waals surface area contributed by atoms with Crippen molar-refractivity contribution in [2.75, 3.05) is 19.6 Å². The van der Waals surface area contributed by atoms with Crippen LogP contribution < -0.4 is 0 Å². The molecule has 1 unspecified atom stereocenters. The minimum absolute atomic E-state index is 0.264. The van der Waals surface area contributed by atoms with E-state index in [4.69, 9.17) is 4.52 Å². The highest BCUT2D eigenvalue weighted by atomic mass is 19.2. The molecule has 0 spiro atoms.